The van der Waals surface area contributed by atoms with Crippen molar-refractivity contribution >= 4 is 131 Å². The van der Waals surface area contributed by atoms with Crippen molar-refractivity contribution in [3.63, 3.8) is 0 Å². The third kappa shape index (κ3) is 11.6. The van der Waals surface area contributed by atoms with Gasteiger partial charge in [0.05, 0.1) is 66.2 Å². The second-order valence-corrected chi connectivity index (χ2v) is 33.0. The monoisotopic (exact) mass is 1600 g/mol. The molecule has 0 saturated heterocycles. The number of benzene rings is 20. The van der Waals surface area contributed by atoms with Gasteiger partial charge in [-0.2, -0.15) is 0 Å². The van der Waals surface area contributed by atoms with Crippen LogP contribution in [0.2, 0.25) is 0 Å². The highest BCUT2D eigenvalue weighted by molar-refractivity contribution is 6.33. The van der Waals surface area contributed by atoms with Gasteiger partial charge in [-0.05, 0) is 195 Å². The Morgan fingerprint density at radius 2 is 0.365 bits per heavy atom. The van der Waals surface area contributed by atoms with E-state index in [2.05, 4.69) is 501 Å². The number of nitrogens with zero attached hydrogens (tertiary/aromatic N) is 6. The molecule has 0 N–H and O–H groups in total. The van der Waals surface area contributed by atoms with E-state index in [0.717, 1.165) is 34.1 Å². The zero-order valence-corrected chi connectivity index (χ0v) is 68.7. The molecule has 6 aromatic heterocycles. The molecule has 0 aliphatic heterocycles. The van der Waals surface area contributed by atoms with Crippen LogP contribution >= 0.6 is 0 Å². The number of para-hydroxylation sites is 10. The molecule has 588 valence electrons. The largest absolute Gasteiger partial charge is 0.309 e. The fourth-order valence-electron chi connectivity index (χ4n) is 20.5. The predicted octanol–water partition coefficient (Wildman–Crippen LogP) is 32.0. The Morgan fingerprint density at radius 3 is 0.817 bits per heavy atom. The van der Waals surface area contributed by atoms with Crippen molar-refractivity contribution in [3.8, 4) is 101 Å². The Kier molecular flexibility index (Phi) is 16.9. The Morgan fingerprint density at radius 1 is 0.111 bits per heavy atom. The number of hydrogen-bond donors (Lipinski definition) is 0. The first-order valence-corrected chi connectivity index (χ1v) is 43.4. The van der Waals surface area contributed by atoms with Crippen LogP contribution < -0.4 is 0 Å². The summed E-state index contributed by atoms with van der Waals surface area (Å²) < 4.78 is 14.7. The van der Waals surface area contributed by atoms with Gasteiger partial charge in [0, 0.05) is 110 Å². The van der Waals surface area contributed by atoms with Crippen molar-refractivity contribution in [2.24, 2.45) is 0 Å². The topological polar surface area (TPSA) is 29.6 Å². The van der Waals surface area contributed by atoms with Gasteiger partial charge >= 0.3 is 0 Å². The standard InChI is InChI=1S/2C60H39N3/c1-4-17-40(18-5-1)43-19-16-24-47(37-43)62-53-28-13-10-25-48(53)52-38-44(35-36-56(52)62)41-31-33-42(34-32-41)51-39-57-58(49-26-11-14-29-54(49)61(57)45-20-6-2-7-21-45)59-50-27-12-15-30-55(50)63(60(51)59)46-22-8-3-9-23-46;1-4-16-40(17-5-1)41-32-35-47(36-33-41)61-53-25-13-10-22-48(53)49-37-34-44(38-56(49)61)42-28-30-43(31-29-42)52-39-57-58(50-23-11-14-26-54(50)62(57)45-18-6-2-7-19-45)59-51-24-12-15-27-55(51)63(60(52)59)46-20-8-3-9-21-46/h2*1-39H. The molecular formula is C120H78N6. The number of rotatable bonds is 12. The zero-order valence-electron chi connectivity index (χ0n) is 68.7. The Bertz CT molecular complexity index is 8750. The molecule has 0 amide bonds. The first kappa shape index (κ1) is 72.1. The molecule has 0 fully saturated rings. The lowest BCUT2D eigenvalue weighted by molar-refractivity contribution is 1.17. The molecule has 0 unspecified atom stereocenters. The van der Waals surface area contributed by atoms with Gasteiger partial charge in [0.2, 0.25) is 0 Å². The quantitative estimate of drug-likeness (QED) is 0.117. The number of hydrogen-bond acceptors (Lipinski definition) is 0. The summed E-state index contributed by atoms with van der Waals surface area (Å²) in [6, 6.07) is 173. The summed E-state index contributed by atoms with van der Waals surface area (Å²) in [5, 5.41) is 15.1. The maximum Gasteiger partial charge on any atom is 0.0627 e. The normalized spacial score (nSPS) is 11.8. The van der Waals surface area contributed by atoms with Crippen molar-refractivity contribution in [2.45, 2.75) is 0 Å². The smallest absolute Gasteiger partial charge is 0.0627 e. The lowest BCUT2D eigenvalue weighted by atomic mass is 9.95. The first-order valence-electron chi connectivity index (χ1n) is 43.4. The van der Waals surface area contributed by atoms with Gasteiger partial charge in [0.25, 0.3) is 0 Å². The predicted molar refractivity (Wildman–Crippen MR) is 532 cm³/mol. The maximum atomic E-state index is 2.47. The minimum absolute atomic E-state index is 1.14. The molecule has 0 aliphatic rings. The lowest BCUT2D eigenvalue weighted by Crippen LogP contribution is -1.97. The summed E-state index contributed by atoms with van der Waals surface area (Å²) in [4.78, 5) is 0. The summed E-state index contributed by atoms with van der Waals surface area (Å²) in [6.45, 7) is 0. The van der Waals surface area contributed by atoms with Crippen molar-refractivity contribution in [3.05, 3.63) is 473 Å². The van der Waals surface area contributed by atoms with Gasteiger partial charge in [-0.25, -0.2) is 0 Å². The average Bonchev–Trinajstić information content (AvgIpc) is 1.54. The van der Waals surface area contributed by atoms with Crippen LogP contribution in [0.3, 0.4) is 0 Å². The SMILES string of the molecule is c1ccc(-c2ccc(-n3c4ccccc4c4ccc(-c5ccc(-c6cc7c(c8ccccc8n7-c7ccccc7)c7c8ccccc8n(-c8ccccc8)c67)cc5)cc43)cc2)cc1.c1ccc(-c2cccc(-n3c4ccccc4c4cc(-c5ccc(-c6cc7c(c8ccccc8n7-c7ccccc7)c7c8ccccc8n(-c8ccccc8)c67)cc5)ccc43)c2)cc1. The third-order valence-corrected chi connectivity index (χ3v) is 26.1. The van der Waals surface area contributed by atoms with Crippen molar-refractivity contribution in [1.29, 1.82) is 0 Å². The number of aromatic nitrogens is 6. The van der Waals surface area contributed by atoms with Crippen LogP contribution in [-0.2, 0) is 0 Å². The molecule has 0 saturated carbocycles. The molecule has 20 aromatic carbocycles. The van der Waals surface area contributed by atoms with Crippen molar-refractivity contribution < 1.29 is 0 Å². The zero-order chi connectivity index (χ0) is 82.9. The Hall–Kier alpha value is -16.8. The highest BCUT2D eigenvalue weighted by Gasteiger charge is 2.28. The number of fused-ring (bicyclic) bond motifs is 20. The summed E-state index contributed by atoms with van der Waals surface area (Å²) in [5.41, 5.74) is 35.6. The van der Waals surface area contributed by atoms with E-state index in [1.165, 1.54) is 198 Å². The minimum Gasteiger partial charge on any atom is -0.309 e. The van der Waals surface area contributed by atoms with Gasteiger partial charge in [0.1, 0.15) is 0 Å². The van der Waals surface area contributed by atoms with Crippen LogP contribution in [0.1, 0.15) is 0 Å². The molecule has 26 aromatic rings. The average molecular weight is 1600 g/mol. The summed E-state index contributed by atoms with van der Waals surface area (Å²) in [5.74, 6) is 0. The van der Waals surface area contributed by atoms with Crippen molar-refractivity contribution in [1.82, 2.24) is 27.4 Å². The van der Waals surface area contributed by atoms with Crippen LogP contribution in [0.4, 0.5) is 0 Å². The minimum atomic E-state index is 1.14. The highest BCUT2D eigenvalue weighted by Crippen LogP contribution is 2.51. The van der Waals surface area contributed by atoms with Gasteiger partial charge in [-0.3, -0.25) is 0 Å². The van der Waals surface area contributed by atoms with E-state index in [1.54, 1.807) is 0 Å². The second-order valence-electron chi connectivity index (χ2n) is 33.0. The molecule has 0 bridgehead atoms. The van der Waals surface area contributed by atoms with Crippen LogP contribution in [0.15, 0.2) is 473 Å². The van der Waals surface area contributed by atoms with Gasteiger partial charge < -0.3 is 27.4 Å². The Balaban J connectivity index is 0.000000137. The first-order chi connectivity index (χ1) is 62.6. The van der Waals surface area contributed by atoms with Crippen LogP contribution in [-0.4, -0.2) is 27.4 Å². The molecule has 126 heavy (non-hydrogen) atoms. The molecule has 6 nitrogen and oxygen atoms in total. The van der Waals surface area contributed by atoms with E-state index < -0.39 is 0 Å². The molecular weight excluding hydrogens is 1530 g/mol. The fourth-order valence-corrected chi connectivity index (χ4v) is 20.5. The van der Waals surface area contributed by atoms with E-state index in [1.807, 2.05) is 0 Å². The molecule has 26 rings (SSSR count). The summed E-state index contributed by atoms with van der Waals surface area (Å²) in [7, 11) is 0. The van der Waals surface area contributed by atoms with Crippen LogP contribution in [0.25, 0.3) is 232 Å². The summed E-state index contributed by atoms with van der Waals surface area (Å²) in [6.07, 6.45) is 0. The molecule has 0 atom stereocenters. The van der Waals surface area contributed by atoms with Gasteiger partial charge in [-0.1, -0.05) is 334 Å². The van der Waals surface area contributed by atoms with Gasteiger partial charge in [-0.15, -0.1) is 0 Å². The van der Waals surface area contributed by atoms with Crippen molar-refractivity contribution in [2.75, 3.05) is 0 Å². The lowest BCUT2D eigenvalue weighted by Gasteiger charge is -2.14. The highest BCUT2D eigenvalue weighted by atomic mass is 15.0. The fraction of sp³-hybridized carbons (Fsp3) is 0. The maximum absolute atomic E-state index is 2.47. The van der Waals surface area contributed by atoms with E-state index in [4.69, 9.17) is 0 Å². The molecule has 0 spiro atoms. The van der Waals surface area contributed by atoms with E-state index in [0.29, 0.717) is 0 Å². The van der Waals surface area contributed by atoms with E-state index in [-0.39, 0.29) is 0 Å². The van der Waals surface area contributed by atoms with Crippen LogP contribution in [0, 0.1) is 0 Å². The molecule has 6 heteroatoms. The molecule has 6 heterocycles. The second kappa shape index (κ2) is 29.5. The summed E-state index contributed by atoms with van der Waals surface area (Å²) >= 11 is 0. The van der Waals surface area contributed by atoms with Crippen LogP contribution in [0.5, 0.6) is 0 Å². The Labute approximate surface area is 727 Å². The molecule has 0 aliphatic carbocycles. The van der Waals surface area contributed by atoms with E-state index in [9.17, 15) is 0 Å². The third-order valence-electron chi connectivity index (χ3n) is 26.1. The van der Waals surface area contributed by atoms with Gasteiger partial charge in [0.15, 0.2) is 0 Å². The van der Waals surface area contributed by atoms with E-state index >= 15 is 0 Å². The molecule has 0 radical (unpaired) electrons.